The Morgan fingerprint density at radius 3 is 1.46 bits per heavy atom. The monoisotopic (exact) mass is 740 g/mol. The summed E-state index contributed by atoms with van der Waals surface area (Å²) in [7, 11) is 2.57. The molecule has 2 aliphatic rings. The van der Waals surface area contributed by atoms with Crippen LogP contribution in [-0.4, -0.2) is 103 Å². The van der Waals surface area contributed by atoms with Crippen LogP contribution in [0.4, 0.5) is 9.59 Å². The van der Waals surface area contributed by atoms with Gasteiger partial charge in [0.25, 0.3) is 0 Å². The highest BCUT2D eigenvalue weighted by molar-refractivity contribution is 5.99. The molecule has 16 heteroatoms. The summed E-state index contributed by atoms with van der Waals surface area (Å²) >= 11 is 0. The molecular formula is C38H48N10O6. The minimum absolute atomic E-state index is 0.114. The maximum absolute atomic E-state index is 13.6. The van der Waals surface area contributed by atoms with Crippen molar-refractivity contribution >= 4 is 45.8 Å². The number of H-pyrrole nitrogens is 4. The number of nitrogens with zero attached hydrogens (tertiary/aromatic N) is 4. The average Bonchev–Trinajstić information content (AvgIpc) is 4.00. The first kappa shape index (κ1) is 36.6. The third-order valence-electron chi connectivity index (χ3n) is 10.6. The summed E-state index contributed by atoms with van der Waals surface area (Å²) in [5.41, 5.74) is 5.25. The molecule has 0 radical (unpaired) electrons. The Bertz CT molecular complexity index is 1980. The lowest BCUT2D eigenvalue weighted by molar-refractivity contribution is -0.136. The molecule has 286 valence electrons. The second kappa shape index (κ2) is 14.9. The fraction of sp³-hybridized carbons (Fsp3) is 0.474. The van der Waals surface area contributed by atoms with E-state index < -0.39 is 24.3 Å². The van der Waals surface area contributed by atoms with E-state index in [2.05, 4.69) is 64.8 Å². The molecule has 2 fully saturated rings. The highest BCUT2D eigenvalue weighted by atomic mass is 16.5. The van der Waals surface area contributed by atoms with Gasteiger partial charge in [-0.25, -0.2) is 19.6 Å². The van der Waals surface area contributed by atoms with Gasteiger partial charge in [0, 0.05) is 34.9 Å². The molecule has 54 heavy (non-hydrogen) atoms. The fourth-order valence-electron chi connectivity index (χ4n) is 7.72. The maximum atomic E-state index is 13.6. The van der Waals surface area contributed by atoms with Crippen LogP contribution in [0.2, 0.25) is 0 Å². The number of aromatic nitrogens is 6. The summed E-state index contributed by atoms with van der Waals surface area (Å²) in [6.45, 7) is 8.75. The van der Waals surface area contributed by atoms with Crippen molar-refractivity contribution in [3.05, 3.63) is 48.3 Å². The van der Waals surface area contributed by atoms with Crippen LogP contribution in [0, 0.1) is 11.8 Å². The van der Waals surface area contributed by atoms with Crippen LogP contribution >= 0.6 is 0 Å². The van der Waals surface area contributed by atoms with Gasteiger partial charge in [-0.3, -0.25) is 9.59 Å². The number of alkyl carbamates (subject to hydrolysis) is 2. The molecule has 2 saturated heterocycles. The number of carbonyl (C=O) groups is 4. The number of carbonyl (C=O) groups excluding carboxylic acids is 4. The molecule has 0 bridgehead atoms. The van der Waals surface area contributed by atoms with Crippen molar-refractivity contribution in [3.63, 3.8) is 0 Å². The highest BCUT2D eigenvalue weighted by Gasteiger charge is 2.39. The van der Waals surface area contributed by atoms with Crippen molar-refractivity contribution in [2.24, 2.45) is 11.8 Å². The Morgan fingerprint density at radius 1 is 0.648 bits per heavy atom. The number of benzene rings is 1. The van der Waals surface area contributed by atoms with Crippen LogP contribution < -0.4 is 10.6 Å². The predicted molar refractivity (Wildman–Crippen MR) is 201 cm³/mol. The van der Waals surface area contributed by atoms with Crippen molar-refractivity contribution < 1.29 is 28.7 Å². The van der Waals surface area contributed by atoms with E-state index in [4.69, 9.17) is 9.47 Å². The molecule has 4 amide bonds. The van der Waals surface area contributed by atoms with Gasteiger partial charge in [-0.2, -0.15) is 0 Å². The van der Waals surface area contributed by atoms with Gasteiger partial charge in [0.1, 0.15) is 23.7 Å². The van der Waals surface area contributed by atoms with Crippen molar-refractivity contribution in [1.29, 1.82) is 0 Å². The molecule has 0 aliphatic carbocycles. The van der Waals surface area contributed by atoms with E-state index in [0.717, 1.165) is 70.3 Å². The van der Waals surface area contributed by atoms with Crippen molar-refractivity contribution in [2.45, 2.75) is 77.5 Å². The zero-order chi connectivity index (χ0) is 38.3. The molecular weight excluding hydrogens is 692 g/mol. The number of hydrogen-bond donors (Lipinski definition) is 6. The number of hydrogen-bond acceptors (Lipinski definition) is 8. The lowest BCUT2D eigenvalue weighted by Crippen LogP contribution is -2.51. The molecule has 4 atom stereocenters. The summed E-state index contributed by atoms with van der Waals surface area (Å²) in [5.74, 6) is 0.877. The van der Waals surface area contributed by atoms with Gasteiger partial charge >= 0.3 is 12.2 Å². The molecule has 4 aromatic heterocycles. The lowest BCUT2D eigenvalue weighted by Gasteiger charge is -2.30. The average molecular weight is 741 g/mol. The quantitative estimate of drug-likeness (QED) is 0.107. The van der Waals surface area contributed by atoms with Crippen LogP contribution in [0.3, 0.4) is 0 Å². The first-order valence-electron chi connectivity index (χ1n) is 18.5. The van der Waals surface area contributed by atoms with E-state index in [-0.39, 0.29) is 35.7 Å². The number of rotatable bonds is 10. The normalized spacial score (nSPS) is 18.5. The summed E-state index contributed by atoms with van der Waals surface area (Å²) in [6, 6.07) is 6.49. The van der Waals surface area contributed by atoms with Crippen LogP contribution in [0.25, 0.3) is 44.6 Å². The van der Waals surface area contributed by atoms with Crippen molar-refractivity contribution in [2.75, 3.05) is 27.3 Å². The highest BCUT2D eigenvalue weighted by Crippen LogP contribution is 2.36. The number of amides is 4. The molecule has 7 rings (SSSR count). The van der Waals surface area contributed by atoms with Crippen molar-refractivity contribution in [1.82, 2.24) is 50.3 Å². The van der Waals surface area contributed by atoms with Gasteiger partial charge in [0.15, 0.2) is 0 Å². The van der Waals surface area contributed by atoms with E-state index in [9.17, 15) is 19.2 Å². The summed E-state index contributed by atoms with van der Waals surface area (Å²) in [4.78, 5) is 77.9. The minimum atomic E-state index is -0.698. The van der Waals surface area contributed by atoms with E-state index in [0.29, 0.717) is 24.7 Å². The molecule has 1 aromatic carbocycles. The Hall–Kier alpha value is -5.80. The zero-order valence-corrected chi connectivity index (χ0v) is 31.4. The molecule has 0 unspecified atom stereocenters. The number of nitrogens with one attached hydrogen (secondary N) is 6. The largest absolute Gasteiger partial charge is 0.453 e. The lowest BCUT2D eigenvalue weighted by atomic mass is 10.0. The summed E-state index contributed by atoms with van der Waals surface area (Å²) in [6.07, 6.45) is 5.51. The third-order valence-corrected chi connectivity index (χ3v) is 10.6. The Morgan fingerprint density at radius 2 is 1.07 bits per heavy atom. The molecule has 0 saturated carbocycles. The Balaban J connectivity index is 1.07. The van der Waals surface area contributed by atoms with E-state index >= 15 is 0 Å². The van der Waals surface area contributed by atoms with Crippen LogP contribution in [0.15, 0.2) is 36.7 Å². The SMILES string of the molecule is COC(=O)N[C@H](C(=O)N1CCC[C@H]1c1ncc(-c2cc3cc4cc(-c5cnc([C@@H]6CCCN6C(=O)[C@@H](NC(=O)OC)C(C)C)[nH]5)[nH]c4cc3[nH]2)[nH]1)C(C)C. The topological polar surface area (TPSA) is 206 Å². The number of aromatic amines is 4. The van der Waals surface area contributed by atoms with Gasteiger partial charge < -0.3 is 49.8 Å². The zero-order valence-electron chi connectivity index (χ0n) is 31.4. The molecule has 6 N–H and O–H groups in total. The summed E-state index contributed by atoms with van der Waals surface area (Å²) < 4.78 is 9.51. The number of fused-ring (bicyclic) bond motifs is 2. The number of ether oxygens (including phenoxy) is 2. The minimum Gasteiger partial charge on any atom is -0.453 e. The van der Waals surface area contributed by atoms with Gasteiger partial charge in [0.05, 0.1) is 61.5 Å². The molecule has 6 heterocycles. The first-order chi connectivity index (χ1) is 25.9. The number of imidazole rings is 2. The second-order valence-corrected chi connectivity index (χ2v) is 14.9. The van der Waals surface area contributed by atoms with Crippen LogP contribution in [0.1, 0.15) is 77.1 Å². The van der Waals surface area contributed by atoms with E-state index in [1.54, 1.807) is 22.2 Å². The smallest absolute Gasteiger partial charge is 0.407 e. The standard InChI is InChI=1S/C38H48N10O6/c1-19(2)31(45-37(51)53-5)35(49)47-11-7-9-29(47)33-39-17-27(43-33)25-14-21-13-22-15-26(42-24(22)16-23(21)41-25)28-18-40-34(44-28)30-10-8-12-48(30)36(50)32(20(3)4)46-38(52)54-6/h13-20,29-32,41-42H,7-12H2,1-6H3,(H,39,43)(H,40,44)(H,45,51)(H,46,52)/t29-,30-,31-,32-/m0/s1. The Labute approximate surface area is 312 Å². The van der Waals surface area contributed by atoms with Gasteiger partial charge in [0.2, 0.25) is 11.8 Å². The van der Waals surface area contributed by atoms with E-state index in [1.807, 2.05) is 27.7 Å². The Kier molecular flexibility index (Phi) is 10.1. The summed E-state index contributed by atoms with van der Waals surface area (Å²) in [5, 5.41) is 7.43. The molecule has 16 nitrogen and oxygen atoms in total. The first-order valence-corrected chi connectivity index (χ1v) is 18.5. The van der Waals surface area contributed by atoms with Crippen LogP contribution in [-0.2, 0) is 19.1 Å². The number of likely N-dealkylation sites (tertiary alicyclic amines) is 2. The second-order valence-electron chi connectivity index (χ2n) is 14.9. The predicted octanol–water partition coefficient (Wildman–Crippen LogP) is 5.52. The van der Waals surface area contributed by atoms with Crippen molar-refractivity contribution in [3.8, 4) is 22.8 Å². The fourth-order valence-corrected chi connectivity index (χ4v) is 7.72. The molecule has 0 spiro atoms. The van der Waals surface area contributed by atoms with E-state index in [1.165, 1.54) is 14.2 Å². The molecule has 2 aliphatic heterocycles. The van der Waals surface area contributed by atoms with Gasteiger partial charge in [-0.1, -0.05) is 27.7 Å². The van der Waals surface area contributed by atoms with Gasteiger partial charge in [-0.15, -0.1) is 0 Å². The van der Waals surface area contributed by atoms with Gasteiger partial charge in [-0.05, 0) is 61.8 Å². The molecule has 5 aromatic rings. The van der Waals surface area contributed by atoms with Crippen LogP contribution in [0.5, 0.6) is 0 Å². The third kappa shape index (κ3) is 6.99. The number of methoxy groups -OCH3 is 2. The maximum Gasteiger partial charge on any atom is 0.407 e.